The van der Waals surface area contributed by atoms with Gasteiger partial charge in [-0.15, -0.1) is 0 Å². The maximum atomic E-state index is 12.7. The van der Waals surface area contributed by atoms with Gasteiger partial charge in [0.05, 0.1) is 11.1 Å². The monoisotopic (exact) mass is 356 g/mol. The molecule has 0 saturated carbocycles. The molecule has 0 saturated heterocycles. The van der Waals surface area contributed by atoms with Crippen molar-refractivity contribution in [1.29, 1.82) is 0 Å². The molecule has 25 heavy (non-hydrogen) atoms. The molecule has 1 aromatic heterocycles. The summed E-state index contributed by atoms with van der Waals surface area (Å²) in [4.78, 5) is 24.6. The molecule has 1 aliphatic rings. The lowest BCUT2D eigenvalue weighted by Crippen LogP contribution is -2.11. The highest BCUT2D eigenvalue weighted by molar-refractivity contribution is 6.31. The van der Waals surface area contributed by atoms with Gasteiger partial charge in [0, 0.05) is 35.3 Å². The molecule has 0 spiro atoms. The van der Waals surface area contributed by atoms with Crippen LogP contribution in [-0.2, 0) is 0 Å². The molecule has 1 aliphatic heterocycles. The Balaban J connectivity index is 1.71. The first-order valence-electron chi connectivity index (χ1n) is 7.55. The summed E-state index contributed by atoms with van der Waals surface area (Å²) in [5.41, 5.74) is 1.56. The van der Waals surface area contributed by atoms with Crippen molar-refractivity contribution in [3.63, 3.8) is 0 Å². The fourth-order valence-corrected chi connectivity index (χ4v) is 2.98. The van der Waals surface area contributed by atoms with Gasteiger partial charge in [-0.1, -0.05) is 17.7 Å². The third-order valence-corrected chi connectivity index (χ3v) is 4.22. The quantitative estimate of drug-likeness (QED) is 0.755. The molecule has 0 bridgehead atoms. The molecule has 0 radical (unpaired) electrons. The Labute approximate surface area is 147 Å². The number of nitrogens with zero attached hydrogens (tertiary/aromatic N) is 1. The van der Waals surface area contributed by atoms with E-state index in [2.05, 4.69) is 5.32 Å². The number of amides is 1. The van der Waals surface area contributed by atoms with E-state index >= 15 is 0 Å². The van der Waals surface area contributed by atoms with Crippen LogP contribution in [0.5, 0.6) is 11.5 Å². The number of carbonyl (C=O) groups excluding carboxylic acids is 2. The Morgan fingerprint density at radius 1 is 1.12 bits per heavy atom. The zero-order chi connectivity index (χ0) is 17.6. The van der Waals surface area contributed by atoms with Crippen molar-refractivity contribution < 1.29 is 19.1 Å². The average molecular weight is 357 g/mol. The molecule has 126 valence electrons. The van der Waals surface area contributed by atoms with Crippen molar-refractivity contribution >= 4 is 40.0 Å². The molecule has 3 aromatic rings. The van der Waals surface area contributed by atoms with Crippen LogP contribution < -0.4 is 14.8 Å². The topological polar surface area (TPSA) is 69.6 Å². The van der Waals surface area contributed by atoms with Gasteiger partial charge in [-0.05, 0) is 24.3 Å². The Morgan fingerprint density at radius 2 is 1.92 bits per heavy atom. The lowest BCUT2D eigenvalue weighted by molar-refractivity contribution is 0.0941. The molecule has 1 N–H and O–H groups in total. The normalized spacial score (nSPS) is 12.4. The Kier molecular flexibility index (Phi) is 3.62. The van der Waals surface area contributed by atoms with Gasteiger partial charge in [0.2, 0.25) is 12.7 Å². The van der Waals surface area contributed by atoms with Crippen molar-refractivity contribution in [2.45, 2.75) is 6.92 Å². The number of ether oxygens (including phenoxy) is 2. The molecule has 7 heteroatoms. The van der Waals surface area contributed by atoms with E-state index in [1.54, 1.807) is 36.4 Å². The van der Waals surface area contributed by atoms with Crippen LogP contribution >= 0.6 is 11.6 Å². The van der Waals surface area contributed by atoms with Gasteiger partial charge in [-0.3, -0.25) is 14.2 Å². The third kappa shape index (κ3) is 2.70. The summed E-state index contributed by atoms with van der Waals surface area (Å²) in [5.74, 6) is 0.692. The van der Waals surface area contributed by atoms with Gasteiger partial charge in [-0.25, -0.2) is 0 Å². The fraction of sp³-hybridized carbons (Fsp3) is 0.111. The van der Waals surface area contributed by atoms with Crippen LogP contribution in [0, 0.1) is 0 Å². The summed E-state index contributed by atoms with van der Waals surface area (Å²) in [6, 6.07) is 10.2. The maximum Gasteiger partial charge on any atom is 0.257 e. The predicted molar refractivity (Wildman–Crippen MR) is 93.8 cm³/mol. The standard InChI is InChI=1S/C18H13ClN2O4/c1-10(22)21-8-14(13-4-2-11(19)6-15(13)21)18(23)20-12-3-5-16-17(7-12)25-9-24-16/h2-8H,9H2,1H3,(H,20,23). The average Bonchev–Trinajstić information content (AvgIpc) is 3.18. The number of halogens is 1. The van der Waals surface area contributed by atoms with Crippen molar-refractivity contribution in [3.05, 3.63) is 53.2 Å². The first-order chi connectivity index (χ1) is 12.0. The van der Waals surface area contributed by atoms with Gasteiger partial charge in [0.25, 0.3) is 5.91 Å². The highest BCUT2D eigenvalue weighted by Gasteiger charge is 2.19. The van der Waals surface area contributed by atoms with Crippen LogP contribution in [0.15, 0.2) is 42.6 Å². The van der Waals surface area contributed by atoms with Gasteiger partial charge >= 0.3 is 0 Å². The second-order valence-corrected chi connectivity index (χ2v) is 6.05. The second kappa shape index (κ2) is 5.82. The molecule has 6 nitrogen and oxygen atoms in total. The summed E-state index contributed by atoms with van der Waals surface area (Å²) in [5, 5.41) is 3.96. The minimum absolute atomic E-state index is 0.166. The first-order valence-corrected chi connectivity index (χ1v) is 7.93. The lowest BCUT2D eigenvalue weighted by atomic mass is 10.1. The lowest BCUT2D eigenvalue weighted by Gasteiger charge is -2.05. The van der Waals surface area contributed by atoms with E-state index in [4.69, 9.17) is 21.1 Å². The van der Waals surface area contributed by atoms with Crippen molar-refractivity contribution in [2.24, 2.45) is 0 Å². The number of rotatable bonds is 2. The fourth-order valence-electron chi connectivity index (χ4n) is 2.81. The number of fused-ring (bicyclic) bond motifs is 2. The van der Waals surface area contributed by atoms with Crippen LogP contribution in [0.1, 0.15) is 22.1 Å². The van der Waals surface area contributed by atoms with Crippen LogP contribution in [0.3, 0.4) is 0 Å². The van der Waals surface area contributed by atoms with E-state index < -0.39 is 0 Å². The van der Waals surface area contributed by atoms with Gasteiger partial charge in [-0.2, -0.15) is 0 Å². The van der Waals surface area contributed by atoms with Crippen LogP contribution in [0.2, 0.25) is 5.02 Å². The number of nitrogens with one attached hydrogen (secondary N) is 1. The maximum absolute atomic E-state index is 12.7. The summed E-state index contributed by atoms with van der Waals surface area (Å²) in [6.45, 7) is 1.60. The summed E-state index contributed by atoms with van der Waals surface area (Å²) < 4.78 is 12.0. The van der Waals surface area contributed by atoms with E-state index in [1.807, 2.05) is 0 Å². The zero-order valence-electron chi connectivity index (χ0n) is 13.2. The second-order valence-electron chi connectivity index (χ2n) is 5.62. The highest BCUT2D eigenvalue weighted by Crippen LogP contribution is 2.34. The number of aromatic nitrogens is 1. The van der Waals surface area contributed by atoms with E-state index in [0.717, 1.165) is 0 Å². The van der Waals surface area contributed by atoms with Crippen LogP contribution in [0.25, 0.3) is 10.9 Å². The minimum Gasteiger partial charge on any atom is -0.454 e. The summed E-state index contributed by atoms with van der Waals surface area (Å²) >= 11 is 6.02. The zero-order valence-corrected chi connectivity index (χ0v) is 14.0. The summed E-state index contributed by atoms with van der Waals surface area (Å²) in [6.07, 6.45) is 1.52. The van der Waals surface area contributed by atoms with Gasteiger partial charge in [0.15, 0.2) is 11.5 Å². The molecule has 1 amide bonds. The van der Waals surface area contributed by atoms with Gasteiger partial charge < -0.3 is 14.8 Å². The molecular formula is C18H13ClN2O4. The summed E-state index contributed by atoms with van der Waals surface area (Å²) in [7, 11) is 0. The predicted octanol–water partition coefficient (Wildman–Crippen LogP) is 3.94. The number of benzene rings is 2. The molecule has 0 fully saturated rings. The SMILES string of the molecule is CC(=O)n1cc(C(=O)Nc2ccc3c(c2)OCO3)c2ccc(Cl)cc21. The van der Waals surface area contributed by atoms with E-state index in [9.17, 15) is 9.59 Å². The van der Waals surface area contributed by atoms with E-state index in [-0.39, 0.29) is 18.6 Å². The smallest absolute Gasteiger partial charge is 0.257 e. The molecule has 0 aliphatic carbocycles. The Morgan fingerprint density at radius 3 is 2.72 bits per heavy atom. The van der Waals surface area contributed by atoms with Crippen molar-refractivity contribution in [2.75, 3.05) is 12.1 Å². The van der Waals surface area contributed by atoms with Crippen LogP contribution in [0.4, 0.5) is 5.69 Å². The third-order valence-electron chi connectivity index (χ3n) is 3.98. The number of hydrogen-bond acceptors (Lipinski definition) is 4. The van der Waals surface area contributed by atoms with Crippen molar-refractivity contribution in [3.8, 4) is 11.5 Å². The Hall–Kier alpha value is -2.99. The molecule has 0 unspecified atom stereocenters. The molecular weight excluding hydrogens is 344 g/mol. The van der Waals surface area contributed by atoms with Gasteiger partial charge in [0.1, 0.15) is 0 Å². The van der Waals surface area contributed by atoms with Crippen LogP contribution in [-0.4, -0.2) is 23.2 Å². The number of anilines is 1. The number of carbonyl (C=O) groups is 2. The van der Waals surface area contributed by atoms with E-state index in [0.29, 0.717) is 38.7 Å². The largest absolute Gasteiger partial charge is 0.454 e. The first kappa shape index (κ1) is 15.5. The Bertz CT molecular complexity index is 1030. The minimum atomic E-state index is -0.328. The highest BCUT2D eigenvalue weighted by atomic mass is 35.5. The number of hydrogen-bond donors (Lipinski definition) is 1. The molecule has 2 aromatic carbocycles. The molecule has 0 atom stereocenters. The van der Waals surface area contributed by atoms with E-state index in [1.165, 1.54) is 17.7 Å². The molecule has 2 heterocycles. The van der Waals surface area contributed by atoms with Crippen molar-refractivity contribution in [1.82, 2.24) is 4.57 Å². The molecule has 4 rings (SSSR count).